The van der Waals surface area contributed by atoms with Crippen molar-refractivity contribution in [3.63, 3.8) is 0 Å². The minimum absolute atomic E-state index is 0.688. The van der Waals surface area contributed by atoms with Crippen molar-refractivity contribution in [1.29, 1.82) is 0 Å². The van der Waals surface area contributed by atoms with Crippen LogP contribution in [0.5, 0.6) is 0 Å². The summed E-state index contributed by atoms with van der Waals surface area (Å²) in [5.74, 6) is 0. The van der Waals surface area contributed by atoms with E-state index in [0.29, 0.717) is 6.54 Å². The summed E-state index contributed by atoms with van der Waals surface area (Å²) < 4.78 is 2.20. The molecule has 0 spiro atoms. The van der Waals surface area contributed by atoms with Crippen LogP contribution in [0.25, 0.3) is 22.5 Å². The van der Waals surface area contributed by atoms with E-state index in [9.17, 15) is 0 Å². The van der Waals surface area contributed by atoms with Gasteiger partial charge in [-0.3, -0.25) is 0 Å². The lowest BCUT2D eigenvalue weighted by molar-refractivity contribution is 0.655. The van der Waals surface area contributed by atoms with Gasteiger partial charge in [-0.2, -0.15) is 0 Å². The average Bonchev–Trinajstić information content (AvgIpc) is 3.12. The lowest BCUT2D eigenvalue weighted by atomic mass is 10.0. The number of benzene rings is 2. The van der Waals surface area contributed by atoms with E-state index in [0.717, 1.165) is 29.9 Å². The molecule has 132 valence electrons. The zero-order valence-corrected chi connectivity index (χ0v) is 15.4. The van der Waals surface area contributed by atoms with Crippen LogP contribution in [0, 0.1) is 0 Å². The molecule has 25 heavy (non-hydrogen) atoms. The van der Waals surface area contributed by atoms with Crippen LogP contribution >= 0.6 is 0 Å². The molecule has 0 saturated heterocycles. The Balaban J connectivity index is 0.000000511. The van der Waals surface area contributed by atoms with Crippen molar-refractivity contribution in [2.45, 2.75) is 39.7 Å². The highest BCUT2D eigenvalue weighted by molar-refractivity contribution is 5.78. The Morgan fingerprint density at radius 2 is 1.40 bits per heavy atom. The Morgan fingerprint density at radius 1 is 0.840 bits per heavy atom. The van der Waals surface area contributed by atoms with Crippen molar-refractivity contribution in [1.82, 2.24) is 9.55 Å². The molecule has 2 aromatic carbocycles. The van der Waals surface area contributed by atoms with Gasteiger partial charge in [0.2, 0.25) is 0 Å². The Kier molecular flexibility index (Phi) is 7.93. The summed E-state index contributed by atoms with van der Waals surface area (Å²) in [6.45, 7) is 5.94. The Bertz CT molecular complexity index is 716. The van der Waals surface area contributed by atoms with Gasteiger partial charge in [-0.1, -0.05) is 87.4 Å². The summed E-state index contributed by atoms with van der Waals surface area (Å²) in [7, 11) is 0. The molecule has 1 aromatic heterocycles. The summed E-state index contributed by atoms with van der Waals surface area (Å²) in [5, 5.41) is 0. The van der Waals surface area contributed by atoms with Crippen LogP contribution in [-0.2, 0) is 6.54 Å². The van der Waals surface area contributed by atoms with Gasteiger partial charge in [0.05, 0.1) is 17.7 Å². The van der Waals surface area contributed by atoms with Crippen LogP contribution in [0.3, 0.4) is 0 Å². The zero-order valence-electron chi connectivity index (χ0n) is 15.4. The fourth-order valence-electron chi connectivity index (χ4n) is 2.52. The van der Waals surface area contributed by atoms with Gasteiger partial charge in [0.25, 0.3) is 0 Å². The van der Waals surface area contributed by atoms with E-state index >= 15 is 0 Å². The zero-order chi connectivity index (χ0) is 17.9. The number of aromatic nitrogens is 2. The van der Waals surface area contributed by atoms with Gasteiger partial charge in [0.1, 0.15) is 0 Å². The number of aryl methyl sites for hydroxylation is 1. The molecule has 0 aliphatic carbocycles. The molecular weight excluding hydrogens is 306 g/mol. The van der Waals surface area contributed by atoms with E-state index in [2.05, 4.69) is 59.8 Å². The van der Waals surface area contributed by atoms with Crippen molar-refractivity contribution in [3.8, 4) is 22.5 Å². The second-order valence-corrected chi connectivity index (χ2v) is 6.01. The largest absolute Gasteiger partial charge is 0.330 e. The first-order valence-corrected chi connectivity index (χ1v) is 9.17. The molecule has 1 heterocycles. The van der Waals surface area contributed by atoms with Crippen LogP contribution in [0.4, 0.5) is 0 Å². The van der Waals surface area contributed by atoms with Crippen molar-refractivity contribution in [3.05, 3.63) is 67.0 Å². The summed E-state index contributed by atoms with van der Waals surface area (Å²) in [5.41, 5.74) is 10.2. The van der Waals surface area contributed by atoms with Crippen molar-refractivity contribution in [2.75, 3.05) is 6.54 Å². The summed E-state index contributed by atoms with van der Waals surface area (Å²) >= 11 is 0. The summed E-state index contributed by atoms with van der Waals surface area (Å²) in [6, 6.07) is 20.7. The van der Waals surface area contributed by atoms with E-state index in [4.69, 9.17) is 5.73 Å². The minimum atomic E-state index is 0.688. The van der Waals surface area contributed by atoms with Crippen molar-refractivity contribution < 1.29 is 0 Å². The quantitative estimate of drug-likeness (QED) is 0.658. The van der Waals surface area contributed by atoms with E-state index in [1.165, 1.54) is 18.4 Å². The highest BCUT2D eigenvalue weighted by atomic mass is 15.1. The number of nitrogens with zero attached hydrogens (tertiary/aromatic N) is 2. The number of hydrogen-bond donors (Lipinski definition) is 1. The standard InChI is InChI=1S/C18H19N3.C4H10/c19-12-7-13-21-14-20-17(15-8-3-1-4-9-15)18(21)16-10-5-2-6-11-16;1-3-4-2/h1-6,8-11,14H,7,12-13,19H2;3-4H2,1-2H3. The van der Waals surface area contributed by atoms with Gasteiger partial charge in [0, 0.05) is 17.7 Å². The first kappa shape index (κ1) is 18.9. The number of unbranched alkanes of at least 4 members (excludes halogenated alkanes) is 1. The molecular formula is C22H29N3. The molecule has 0 aliphatic heterocycles. The predicted octanol–water partition coefficient (Wildman–Crippen LogP) is 5.37. The lowest BCUT2D eigenvalue weighted by Crippen LogP contribution is -2.06. The molecule has 0 aliphatic rings. The number of hydrogen-bond acceptors (Lipinski definition) is 2. The van der Waals surface area contributed by atoms with Gasteiger partial charge in [-0.25, -0.2) is 4.98 Å². The second-order valence-electron chi connectivity index (χ2n) is 6.01. The lowest BCUT2D eigenvalue weighted by Gasteiger charge is -2.10. The monoisotopic (exact) mass is 335 g/mol. The highest BCUT2D eigenvalue weighted by Gasteiger charge is 2.14. The molecule has 0 fully saturated rings. The molecule has 0 atom stereocenters. The molecule has 2 N–H and O–H groups in total. The van der Waals surface area contributed by atoms with Crippen molar-refractivity contribution >= 4 is 0 Å². The van der Waals surface area contributed by atoms with E-state index in [1.54, 1.807) is 0 Å². The molecule has 0 saturated carbocycles. The predicted molar refractivity (Wildman–Crippen MR) is 107 cm³/mol. The normalized spacial score (nSPS) is 10.2. The fraction of sp³-hybridized carbons (Fsp3) is 0.318. The first-order chi connectivity index (χ1) is 12.3. The van der Waals surface area contributed by atoms with Gasteiger partial charge in [0.15, 0.2) is 0 Å². The van der Waals surface area contributed by atoms with Gasteiger partial charge in [-0.15, -0.1) is 0 Å². The third-order valence-electron chi connectivity index (χ3n) is 4.04. The van der Waals surface area contributed by atoms with Gasteiger partial charge < -0.3 is 10.3 Å². The molecule has 0 unspecified atom stereocenters. The third-order valence-corrected chi connectivity index (χ3v) is 4.04. The molecule has 0 bridgehead atoms. The molecule has 3 rings (SSSR count). The van der Waals surface area contributed by atoms with Gasteiger partial charge >= 0.3 is 0 Å². The fourth-order valence-corrected chi connectivity index (χ4v) is 2.52. The Labute approximate surface area is 151 Å². The van der Waals surface area contributed by atoms with E-state index < -0.39 is 0 Å². The van der Waals surface area contributed by atoms with Gasteiger partial charge in [-0.05, 0) is 13.0 Å². The summed E-state index contributed by atoms with van der Waals surface area (Å²) in [4.78, 5) is 4.64. The third kappa shape index (κ3) is 5.30. The maximum Gasteiger partial charge on any atom is 0.0963 e. The van der Waals surface area contributed by atoms with E-state index in [1.807, 2.05) is 30.6 Å². The van der Waals surface area contributed by atoms with Crippen molar-refractivity contribution in [2.24, 2.45) is 5.73 Å². The Hall–Kier alpha value is -2.39. The smallest absolute Gasteiger partial charge is 0.0963 e. The van der Waals surface area contributed by atoms with Crippen LogP contribution in [0.2, 0.25) is 0 Å². The molecule has 3 aromatic rings. The number of nitrogens with two attached hydrogens (primary N) is 1. The average molecular weight is 335 g/mol. The molecule has 0 radical (unpaired) electrons. The maximum atomic E-state index is 5.65. The maximum absolute atomic E-state index is 5.65. The second kappa shape index (κ2) is 10.5. The number of imidazole rings is 1. The first-order valence-electron chi connectivity index (χ1n) is 9.17. The summed E-state index contributed by atoms with van der Waals surface area (Å²) in [6.07, 6.45) is 5.50. The Morgan fingerprint density at radius 3 is 1.92 bits per heavy atom. The molecule has 3 nitrogen and oxygen atoms in total. The van der Waals surface area contributed by atoms with Crippen LogP contribution in [0.15, 0.2) is 67.0 Å². The van der Waals surface area contributed by atoms with Crippen LogP contribution in [-0.4, -0.2) is 16.1 Å². The minimum Gasteiger partial charge on any atom is -0.330 e. The highest BCUT2D eigenvalue weighted by Crippen LogP contribution is 2.31. The SMILES string of the molecule is CCCC.NCCCn1cnc(-c2ccccc2)c1-c1ccccc1. The van der Waals surface area contributed by atoms with Crippen LogP contribution in [0.1, 0.15) is 33.1 Å². The topological polar surface area (TPSA) is 43.8 Å². The van der Waals surface area contributed by atoms with Crippen LogP contribution < -0.4 is 5.73 Å². The van der Waals surface area contributed by atoms with E-state index in [-0.39, 0.29) is 0 Å². The number of rotatable bonds is 6. The molecule has 0 amide bonds. The molecule has 3 heteroatoms.